The number of halogens is 1. The summed E-state index contributed by atoms with van der Waals surface area (Å²) in [5.74, 6) is 0.592. The van der Waals surface area contributed by atoms with E-state index < -0.39 is 0 Å². The number of hydrogen-bond acceptors (Lipinski definition) is 2. The lowest BCUT2D eigenvalue weighted by Gasteiger charge is -2.10. The number of hydrogen-bond donors (Lipinski definition) is 1. The van der Waals surface area contributed by atoms with Gasteiger partial charge in [-0.15, -0.1) is 0 Å². The molecule has 0 bridgehead atoms. The molecule has 0 radical (unpaired) electrons. The van der Waals surface area contributed by atoms with Gasteiger partial charge in [-0.3, -0.25) is 0 Å². The Morgan fingerprint density at radius 2 is 1.89 bits per heavy atom. The molecule has 0 fully saturated rings. The number of benzene rings is 2. The normalized spacial score (nSPS) is 10.4. The lowest BCUT2D eigenvalue weighted by atomic mass is 10.0. The fourth-order valence-corrected chi connectivity index (χ4v) is 1.83. The molecule has 2 N–H and O–H groups in total. The highest BCUT2D eigenvalue weighted by atomic mass is 19.1. The van der Waals surface area contributed by atoms with Crippen molar-refractivity contribution in [3.05, 3.63) is 53.8 Å². The van der Waals surface area contributed by atoms with E-state index in [0.29, 0.717) is 13.2 Å². The molecule has 0 unspecified atom stereocenters. The second kappa shape index (κ2) is 5.65. The maximum Gasteiger partial charge on any atom is 0.123 e. The quantitative estimate of drug-likeness (QED) is 0.898. The minimum atomic E-state index is -0.228. The summed E-state index contributed by atoms with van der Waals surface area (Å²) in [6.45, 7) is 2.96. The van der Waals surface area contributed by atoms with E-state index in [0.717, 1.165) is 22.4 Å². The van der Waals surface area contributed by atoms with Crippen LogP contribution in [-0.2, 0) is 0 Å². The molecule has 94 valence electrons. The third-order valence-electron chi connectivity index (χ3n) is 2.71. The van der Waals surface area contributed by atoms with Crippen molar-refractivity contribution in [3.8, 4) is 16.9 Å². The third-order valence-corrected chi connectivity index (χ3v) is 2.71. The highest BCUT2D eigenvalue weighted by molar-refractivity contribution is 5.65. The fraction of sp³-hybridized carbons (Fsp3) is 0.200. The van der Waals surface area contributed by atoms with E-state index in [4.69, 9.17) is 10.5 Å². The summed E-state index contributed by atoms with van der Waals surface area (Å²) in [7, 11) is 0. The topological polar surface area (TPSA) is 35.2 Å². The van der Waals surface area contributed by atoms with Gasteiger partial charge >= 0.3 is 0 Å². The summed E-state index contributed by atoms with van der Waals surface area (Å²) in [6, 6.07) is 12.4. The molecule has 3 heteroatoms. The lowest BCUT2D eigenvalue weighted by molar-refractivity contribution is 0.326. The first-order valence-corrected chi connectivity index (χ1v) is 5.90. The van der Waals surface area contributed by atoms with Crippen molar-refractivity contribution >= 4 is 0 Å². The molecular weight excluding hydrogens is 229 g/mol. The zero-order chi connectivity index (χ0) is 13.0. The first-order valence-electron chi connectivity index (χ1n) is 5.90. The van der Waals surface area contributed by atoms with Gasteiger partial charge in [0.15, 0.2) is 0 Å². The van der Waals surface area contributed by atoms with Crippen LogP contribution < -0.4 is 10.5 Å². The molecule has 0 atom stereocenters. The zero-order valence-corrected chi connectivity index (χ0v) is 10.3. The van der Waals surface area contributed by atoms with Crippen LogP contribution in [0, 0.1) is 12.7 Å². The summed E-state index contributed by atoms with van der Waals surface area (Å²) in [5, 5.41) is 0. The number of aryl methyl sites for hydroxylation is 1. The molecule has 2 aromatic carbocycles. The molecular formula is C15H16FNO. The van der Waals surface area contributed by atoms with Gasteiger partial charge in [0.1, 0.15) is 18.2 Å². The van der Waals surface area contributed by atoms with Gasteiger partial charge in [0.2, 0.25) is 0 Å². The molecule has 0 amide bonds. The molecule has 0 aliphatic heterocycles. The van der Waals surface area contributed by atoms with Crippen LogP contribution in [0.2, 0.25) is 0 Å². The van der Waals surface area contributed by atoms with Crippen LogP contribution in [0.1, 0.15) is 5.56 Å². The van der Waals surface area contributed by atoms with Crippen LogP contribution in [-0.4, -0.2) is 13.2 Å². The Labute approximate surface area is 106 Å². The molecule has 2 rings (SSSR count). The first kappa shape index (κ1) is 12.6. The summed E-state index contributed by atoms with van der Waals surface area (Å²) in [4.78, 5) is 0. The minimum Gasteiger partial charge on any atom is -0.492 e. The van der Waals surface area contributed by atoms with E-state index >= 15 is 0 Å². The van der Waals surface area contributed by atoms with Gasteiger partial charge in [-0.05, 0) is 47.9 Å². The van der Waals surface area contributed by atoms with E-state index in [1.54, 1.807) is 6.07 Å². The summed E-state index contributed by atoms with van der Waals surface area (Å²) in [6.07, 6.45) is 0. The molecule has 0 aromatic heterocycles. The highest BCUT2D eigenvalue weighted by Gasteiger charge is 2.03. The van der Waals surface area contributed by atoms with Crippen LogP contribution in [0.5, 0.6) is 5.75 Å². The third kappa shape index (κ3) is 2.87. The molecule has 0 spiro atoms. The maximum atomic E-state index is 13.2. The Morgan fingerprint density at radius 1 is 1.11 bits per heavy atom. The van der Waals surface area contributed by atoms with Gasteiger partial charge in [0, 0.05) is 6.54 Å². The summed E-state index contributed by atoms with van der Waals surface area (Å²) >= 11 is 0. The van der Waals surface area contributed by atoms with Crippen molar-refractivity contribution in [2.45, 2.75) is 6.92 Å². The highest BCUT2D eigenvalue weighted by Crippen LogP contribution is 2.26. The van der Waals surface area contributed by atoms with Crippen LogP contribution in [0.25, 0.3) is 11.1 Å². The average molecular weight is 245 g/mol. The van der Waals surface area contributed by atoms with Gasteiger partial charge in [-0.25, -0.2) is 4.39 Å². The molecule has 2 aromatic rings. The SMILES string of the molecule is Cc1cc(-c2cccc(F)c2)ccc1OCCN. The lowest BCUT2D eigenvalue weighted by Crippen LogP contribution is -2.11. The Kier molecular flexibility index (Phi) is 3.95. The molecule has 0 heterocycles. The Hall–Kier alpha value is -1.87. The van der Waals surface area contributed by atoms with Crippen molar-refractivity contribution in [2.24, 2.45) is 5.73 Å². The first-order chi connectivity index (χ1) is 8.70. The standard InChI is InChI=1S/C15H16FNO/c1-11-9-13(5-6-15(11)18-8-7-17)12-3-2-4-14(16)10-12/h2-6,9-10H,7-8,17H2,1H3. The molecule has 0 aliphatic carbocycles. The van der Waals surface area contributed by atoms with Gasteiger partial charge < -0.3 is 10.5 Å². The molecule has 0 saturated carbocycles. The van der Waals surface area contributed by atoms with E-state index in [9.17, 15) is 4.39 Å². The molecule has 0 saturated heterocycles. The number of rotatable bonds is 4. The number of ether oxygens (including phenoxy) is 1. The average Bonchev–Trinajstić information content (AvgIpc) is 2.37. The van der Waals surface area contributed by atoms with E-state index in [-0.39, 0.29) is 5.82 Å². The Morgan fingerprint density at radius 3 is 2.56 bits per heavy atom. The van der Waals surface area contributed by atoms with Gasteiger partial charge in [0.25, 0.3) is 0 Å². The second-order valence-electron chi connectivity index (χ2n) is 4.13. The Balaban J connectivity index is 2.28. The second-order valence-corrected chi connectivity index (χ2v) is 4.13. The molecule has 0 aliphatic rings. The zero-order valence-electron chi connectivity index (χ0n) is 10.3. The largest absolute Gasteiger partial charge is 0.492 e. The number of nitrogens with two attached hydrogens (primary N) is 1. The molecule has 2 nitrogen and oxygen atoms in total. The summed E-state index contributed by atoms with van der Waals surface area (Å²) in [5.41, 5.74) is 8.26. The van der Waals surface area contributed by atoms with Gasteiger partial charge in [-0.2, -0.15) is 0 Å². The van der Waals surface area contributed by atoms with E-state index in [1.807, 2.05) is 31.2 Å². The fourth-order valence-electron chi connectivity index (χ4n) is 1.83. The van der Waals surface area contributed by atoms with E-state index in [1.165, 1.54) is 12.1 Å². The predicted molar refractivity (Wildman–Crippen MR) is 71.1 cm³/mol. The van der Waals surface area contributed by atoms with Crippen molar-refractivity contribution in [1.82, 2.24) is 0 Å². The van der Waals surface area contributed by atoms with Crippen molar-refractivity contribution in [3.63, 3.8) is 0 Å². The van der Waals surface area contributed by atoms with Crippen LogP contribution >= 0.6 is 0 Å². The monoisotopic (exact) mass is 245 g/mol. The Bertz CT molecular complexity index is 540. The summed E-state index contributed by atoms with van der Waals surface area (Å²) < 4.78 is 18.7. The maximum absolute atomic E-state index is 13.2. The van der Waals surface area contributed by atoms with Crippen LogP contribution in [0.4, 0.5) is 4.39 Å². The van der Waals surface area contributed by atoms with Crippen molar-refractivity contribution in [2.75, 3.05) is 13.2 Å². The van der Waals surface area contributed by atoms with Crippen molar-refractivity contribution < 1.29 is 9.13 Å². The van der Waals surface area contributed by atoms with Crippen molar-refractivity contribution in [1.29, 1.82) is 0 Å². The predicted octanol–water partition coefficient (Wildman–Crippen LogP) is 3.14. The van der Waals surface area contributed by atoms with Crippen LogP contribution in [0.3, 0.4) is 0 Å². The van der Waals surface area contributed by atoms with Gasteiger partial charge in [0.05, 0.1) is 0 Å². The minimum absolute atomic E-state index is 0.228. The van der Waals surface area contributed by atoms with Gasteiger partial charge in [-0.1, -0.05) is 18.2 Å². The smallest absolute Gasteiger partial charge is 0.123 e. The van der Waals surface area contributed by atoms with Crippen LogP contribution in [0.15, 0.2) is 42.5 Å². The van der Waals surface area contributed by atoms with E-state index in [2.05, 4.69) is 0 Å². The molecule has 18 heavy (non-hydrogen) atoms.